The van der Waals surface area contributed by atoms with Crippen LogP contribution in [0.1, 0.15) is 15.9 Å². The van der Waals surface area contributed by atoms with Crippen molar-refractivity contribution >= 4 is 21.9 Å². The van der Waals surface area contributed by atoms with Gasteiger partial charge in [-0.05, 0) is 42.0 Å². The molecule has 0 unspecified atom stereocenters. The zero-order valence-electron chi connectivity index (χ0n) is 11.1. The normalized spacial score (nSPS) is 10.2. The van der Waals surface area contributed by atoms with E-state index in [0.717, 1.165) is 0 Å². The number of aromatic carboxylic acids is 1. The van der Waals surface area contributed by atoms with Crippen molar-refractivity contribution in [2.45, 2.75) is 6.61 Å². The van der Waals surface area contributed by atoms with Gasteiger partial charge in [-0.25, -0.2) is 9.18 Å². The molecule has 0 aliphatic rings. The first-order valence-corrected chi connectivity index (χ1v) is 6.78. The van der Waals surface area contributed by atoms with Gasteiger partial charge in [0.1, 0.15) is 29.5 Å². The summed E-state index contributed by atoms with van der Waals surface area (Å²) in [5.41, 5.74) is 0.582. The van der Waals surface area contributed by atoms with Crippen LogP contribution < -0.4 is 9.47 Å². The molecule has 0 aliphatic heterocycles. The highest BCUT2D eigenvalue weighted by molar-refractivity contribution is 9.10. The second-order valence-corrected chi connectivity index (χ2v) is 5.15. The molecule has 0 atom stereocenters. The Bertz CT molecular complexity index is 652. The molecule has 0 amide bonds. The second-order valence-electron chi connectivity index (χ2n) is 4.23. The smallest absolute Gasteiger partial charge is 0.339 e. The van der Waals surface area contributed by atoms with Crippen LogP contribution >= 0.6 is 15.9 Å². The highest BCUT2D eigenvalue weighted by Gasteiger charge is 2.13. The third kappa shape index (κ3) is 3.95. The highest BCUT2D eigenvalue weighted by Crippen LogP contribution is 2.25. The van der Waals surface area contributed by atoms with Crippen LogP contribution in [0.25, 0.3) is 0 Å². The Balaban J connectivity index is 2.21. The van der Waals surface area contributed by atoms with Crippen LogP contribution in [-0.4, -0.2) is 18.2 Å². The van der Waals surface area contributed by atoms with E-state index in [2.05, 4.69) is 15.9 Å². The summed E-state index contributed by atoms with van der Waals surface area (Å²) in [6, 6.07) is 8.85. The standard InChI is InChI=1S/C15H12BrFO4/c1-20-12-2-3-14(13(7-12)15(18)19)21-8-9-4-10(16)6-11(17)5-9/h2-7H,8H2,1H3,(H,18,19). The van der Waals surface area contributed by atoms with Crippen molar-refractivity contribution in [3.63, 3.8) is 0 Å². The minimum absolute atomic E-state index is 0.00943. The summed E-state index contributed by atoms with van der Waals surface area (Å²) in [6.07, 6.45) is 0. The number of benzene rings is 2. The molecule has 0 spiro atoms. The van der Waals surface area contributed by atoms with Gasteiger partial charge in [0.15, 0.2) is 0 Å². The first kappa shape index (κ1) is 15.3. The van der Waals surface area contributed by atoms with Gasteiger partial charge in [-0.15, -0.1) is 0 Å². The van der Waals surface area contributed by atoms with Gasteiger partial charge in [0, 0.05) is 4.47 Å². The van der Waals surface area contributed by atoms with E-state index < -0.39 is 11.8 Å². The number of methoxy groups -OCH3 is 1. The molecule has 0 saturated heterocycles. The van der Waals surface area contributed by atoms with E-state index in [0.29, 0.717) is 15.8 Å². The Hall–Kier alpha value is -2.08. The van der Waals surface area contributed by atoms with Crippen LogP contribution in [0.3, 0.4) is 0 Å². The summed E-state index contributed by atoms with van der Waals surface area (Å²) in [5.74, 6) is -0.891. The largest absolute Gasteiger partial charge is 0.497 e. The molecule has 2 aromatic rings. The minimum atomic E-state index is -1.12. The van der Waals surface area contributed by atoms with E-state index in [4.69, 9.17) is 14.6 Å². The molecular weight excluding hydrogens is 343 g/mol. The number of rotatable bonds is 5. The zero-order chi connectivity index (χ0) is 15.4. The van der Waals surface area contributed by atoms with Gasteiger partial charge >= 0.3 is 5.97 Å². The van der Waals surface area contributed by atoms with E-state index in [9.17, 15) is 9.18 Å². The fourth-order valence-corrected chi connectivity index (χ4v) is 2.30. The third-order valence-electron chi connectivity index (χ3n) is 2.73. The van der Waals surface area contributed by atoms with Gasteiger partial charge in [0.05, 0.1) is 7.11 Å². The second kappa shape index (κ2) is 6.58. The van der Waals surface area contributed by atoms with E-state index in [1.807, 2.05) is 0 Å². The predicted molar refractivity (Wildman–Crippen MR) is 78.4 cm³/mol. The van der Waals surface area contributed by atoms with Crippen molar-refractivity contribution in [1.29, 1.82) is 0 Å². The number of hydrogen-bond donors (Lipinski definition) is 1. The lowest BCUT2D eigenvalue weighted by Gasteiger charge is -2.11. The van der Waals surface area contributed by atoms with E-state index in [-0.39, 0.29) is 17.9 Å². The molecule has 21 heavy (non-hydrogen) atoms. The minimum Gasteiger partial charge on any atom is -0.497 e. The predicted octanol–water partition coefficient (Wildman–Crippen LogP) is 3.87. The molecule has 0 fully saturated rings. The summed E-state index contributed by atoms with van der Waals surface area (Å²) in [7, 11) is 1.45. The van der Waals surface area contributed by atoms with Crippen molar-refractivity contribution in [2.75, 3.05) is 7.11 Å². The lowest BCUT2D eigenvalue weighted by Crippen LogP contribution is -2.04. The van der Waals surface area contributed by atoms with E-state index >= 15 is 0 Å². The number of carbonyl (C=O) groups is 1. The van der Waals surface area contributed by atoms with Crippen molar-refractivity contribution in [1.82, 2.24) is 0 Å². The molecule has 0 bridgehead atoms. The Morgan fingerprint density at radius 2 is 2.05 bits per heavy atom. The monoisotopic (exact) mass is 354 g/mol. The molecular formula is C15H12BrFO4. The summed E-state index contributed by atoms with van der Waals surface area (Å²) in [4.78, 5) is 11.2. The molecule has 6 heteroatoms. The molecule has 0 saturated carbocycles. The van der Waals surface area contributed by atoms with Crippen molar-refractivity contribution in [3.8, 4) is 11.5 Å². The van der Waals surface area contributed by atoms with Gasteiger partial charge in [-0.2, -0.15) is 0 Å². The number of ether oxygens (including phenoxy) is 2. The van der Waals surface area contributed by atoms with Gasteiger partial charge in [-0.1, -0.05) is 15.9 Å². The van der Waals surface area contributed by atoms with Gasteiger partial charge in [0.2, 0.25) is 0 Å². The quantitative estimate of drug-likeness (QED) is 0.885. The first-order valence-electron chi connectivity index (χ1n) is 5.98. The van der Waals surface area contributed by atoms with Gasteiger partial charge < -0.3 is 14.6 Å². The lowest BCUT2D eigenvalue weighted by molar-refractivity contribution is 0.0691. The third-order valence-corrected chi connectivity index (χ3v) is 3.19. The maximum absolute atomic E-state index is 13.3. The number of halogens is 2. The Kier molecular flexibility index (Phi) is 4.80. The zero-order valence-corrected chi connectivity index (χ0v) is 12.7. The molecule has 0 radical (unpaired) electrons. The number of hydrogen-bond acceptors (Lipinski definition) is 3. The lowest BCUT2D eigenvalue weighted by atomic mass is 10.2. The summed E-state index contributed by atoms with van der Waals surface area (Å²) >= 11 is 3.19. The van der Waals surface area contributed by atoms with Crippen molar-refractivity contribution < 1.29 is 23.8 Å². The summed E-state index contributed by atoms with van der Waals surface area (Å²) in [6.45, 7) is 0.0585. The van der Waals surface area contributed by atoms with Gasteiger partial charge in [0.25, 0.3) is 0 Å². The number of carboxylic acid groups (broad SMARTS) is 1. The fraction of sp³-hybridized carbons (Fsp3) is 0.133. The number of carboxylic acids is 1. The van der Waals surface area contributed by atoms with Crippen LogP contribution in [0.4, 0.5) is 4.39 Å². The Morgan fingerprint density at radius 3 is 2.67 bits per heavy atom. The summed E-state index contributed by atoms with van der Waals surface area (Å²) in [5, 5.41) is 9.17. The van der Waals surface area contributed by atoms with Crippen LogP contribution in [0.5, 0.6) is 11.5 Å². The molecule has 0 aromatic heterocycles. The Morgan fingerprint density at radius 1 is 1.29 bits per heavy atom. The van der Waals surface area contributed by atoms with E-state index in [1.165, 1.54) is 31.4 Å². The molecule has 110 valence electrons. The van der Waals surface area contributed by atoms with Crippen LogP contribution in [0.2, 0.25) is 0 Å². The molecule has 2 rings (SSSR count). The molecule has 1 N–H and O–H groups in total. The molecule has 2 aromatic carbocycles. The van der Waals surface area contributed by atoms with Crippen molar-refractivity contribution in [2.24, 2.45) is 0 Å². The highest BCUT2D eigenvalue weighted by atomic mass is 79.9. The average molecular weight is 355 g/mol. The van der Waals surface area contributed by atoms with Gasteiger partial charge in [-0.3, -0.25) is 0 Å². The maximum atomic E-state index is 13.3. The first-order chi connectivity index (χ1) is 9.99. The SMILES string of the molecule is COc1ccc(OCc2cc(F)cc(Br)c2)c(C(=O)O)c1. The molecule has 0 aliphatic carbocycles. The topological polar surface area (TPSA) is 55.8 Å². The van der Waals surface area contributed by atoms with Crippen LogP contribution in [-0.2, 0) is 6.61 Å². The van der Waals surface area contributed by atoms with Crippen molar-refractivity contribution in [3.05, 3.63) is 57.8 Å². The van der Waals surface area contributed by atoms with Crippen LogP contribution in [0, 0.1) is 5.82 Å². The summed E-state index contributed by atoms with van der Waals surface area (Å²) < 4.78 is 24.3. The Labute approximate surface area is 129 Å². The molecule has 0 heterocycles. The van der Waals surface area contributed by atoms with E-state index in [1.54, 1.807) is 12.1 Å². The fourth-order valence-electron chi connectivity index (χ4n) is 1.78. The molecule has 4 nitrogen and oxygen atoms in total. The maximum Gasteiger partial charge on any atom is 0.339 e. The average Bonchev–Trinajstić information content (AvgIpc) is 2.43. The van der Waals surface area contributed by atoms with Crippen LogP contribution in [0.15, 0.2) is 40.9 Å².